The second-order valence-electron chi connectivity index (χ2n) is 6.85. The number of likely N-dealkylation sites (tertiary alicyclic amines) is 1. The lowest BCUT2D eigenvalue weighted by molar-refractivity contribution is 0.0139. The molecule has 1 fully saturated rings. The van der Waals surface area contributed by atoms with Gasteiger partial charge in [0.05, 0.1) is 6.61 Å². The van der Waals surface area contributed by atoms with E-state index >= 15 is 0 Å². The van der Waals surface area contributed by atoms with Gasteiger partial charge in [0, 0.05) is 29.5 Å². The van der Waals surface area contributed by atoms with Crippen LogP contribution in [0.5, 0.6) is 5.75 Å². The third-order valence-corrected chi connectivity index (χ3v) is 3.95. The molecule has 1 aromatic carbocycles. The summed E-state index contributed by atoms with van der Waals surface area (Å²) in [6, 6.07) is 4.48. The van der Waals surface area contributed by atoms with Crippen molar-refractivity contribution in [3.63, 3.8) is 0 Å². The van der Waals surface area contributed by atoms with Gasteiger partial charge in [0.1, 0.15) is 17.2 Å². The molecular formula is C17H23BrFNO3. The highest BCUT2D eigenvalue weighted by molar-refractivity contribution is 9.10. The minimum atomic E-state index is -0.492. The van der Waals surface area contributed by atoms with E-state index in [1.807, 2.05) is 20.8 Å². The van der Waals surface area contributed by atoms with E-state index in [0.29, 0.717) is 29.9 Å². The Bertz CT molecular complexity index is 539. The molecule has 1 amide bonds. The van der Waals surface area contributed by atoms with Gasteiger partial charge < -0.3 is 14.4 Å². The monoisotopic (exact) mass is 387 g/mol. The van der Waals surface area contributed by atoms with Crippen LogP contribution >= 0.6 is 15.9 Å². The van der Waals surface area contributed by atoms with Gasteiger partial charge in [0.25, 0.3) is 0 Å². The van der Waals surface area contributed by atoms with Crippen LogP contribution in [-0.4, -0.2) is 36.3 Å². The molecule has 1 aliphatic rings. The molecule has 1 heterocycles. The minimum absolute atomic E-state index is 0.221. The lowest BCUT2D eigenvalue weighted by Gasteiger charge is -2.34. The Hall–Kier alpha value is -1.30. The summed E-state index contributed by atoms with van der Waals surface area (Å²) in [6.07, 6.45) is 1.62. The number of benzene rings is 1. The maximum atomic E-state index is 13.3. The summed E-state index contributed by atoms with van der Waals surface area (Å²) in [7, 11) is 0. The summed E-state index contributed by atoms with van der Waals surface area (Å²) < 4.78 is 25.1. The van der Waals surface area contributed by atoms with Crippen LogP contribution in [0.1, 0.15) is 33.6 Å². The summed E-state index contributed by atoms with van der Waals surface area (Å²) in [6.45, 7) is 7.34. The number of piperidine rings is 1. The van der Waals surface area contributed by atoms with E-state index in [4.69, 9.17) is 9.47 Å². The molecule has 1 aliphatic heterocycles. The van der Waals surface area contributed by atoms with E-state index in [0.717, 1.165) is 12.8 Å². The Balaban J connectivity index is 1.87. The van der Waals surface area contributed by atoms with Crippen molar-refractivity contribution in [1.82, 2.24) is 4.90 Å². The van der Waals surface area contributed by atoms with Crippen LogP contribution in [0.3, 0.4) is 0 Å². The number of ether oxygens (including phenoxy) is 2. The number of halogens is 2. The van der Waals surface area contributed by atoms with Gasteiger partial charge in [-0.25, -0.2) is 9.18 Å². The van der Waals surface area contributed by atoms with Crippen molar-refractivity contribution < 1.29 is 18.7 Å². The highest BCUT2D eigenvalue weighted by atomic mass is 79.9. The largest absolute Gasteiger partial charge is 0.493 e. The average molecular weight is 388 g/mol. The van der Waals surface area contributed by atoms with Crippen LogP contribution in [0.15, 0.2) is 22.7 Å². The molecule has 0 saturated carbocycles. The molecule has 0 bridgehead atoms. The zero-order valence-electron chi connectivity index (χ0n) is 13.8. The molecule has 2 rings (SSSR count). The molecule has 0 aromatic heterocycles. The van der Waals surface area contributed by atoms with Gasteiger partial charge in [-0.3, -0.25) is 0 Å². The van der Waals surface area contributed by atoms with E-state index in [-0.39, 0.29) is 17.8 Å². The van der Waals surface area contributed by atoms with Crippen molar-refractivity contribution in [2.24, 2.45) is 5.92 Å². The number of rotatable bonds is 3. The topological polar surface area (TPSA) is 38.8 Å². The maximum absolute atomic E-state index is 13.3. The Morgan fingerprint density at radius 2 is 2.13 bits per heavy atom. The molecule has 128 valence electrons. The molecule has 0 spiro atoms. The number of carbonyl (C=O) groups excluding carboxylic acids is 1. The fraction of sp³-hybridized carbons (Fsp3) is 0.588. The lowest BCUT2D eigenvalue weighted by atomic mass is 9.99. The summed E-state index contributed by atoms with van der Waals surface area (Å²) in [5.74, 6) is 0.373. The third-order valence-electron chi connectivity index (χ3n) is 3.49. The van der Waals surface area contributed by atoms with Crippen LogP contribution in [0.25, 0.3) is 0 Å². The van der Waals surface area contributed by atoms with E-state index in [2.05, 4.69) is 15.9 Å². The number of carbonyl (C=O) groups is 1. The fourth-order valence-corrected chi connectivity index (χ4v) is 2.96. The van der Waals surface area contributed by atoms with E-state index in [1.165, 1.54) is 12.1 Å². The molecule has 6 heteroatoms. The molecule has 4 nitrogen and oxygen atoms in total. The standard InChI is InChI=1S/C17H23BrFNO3/c1-17(2,3)23-16(21)20-6-4-5-12(10-20)11-22-15-8-13(18)7-14(19)9-15/h7-9,12H,4-6,10-11H2,1-3H3. The van der Waals surface area contributed by atoms with E-state index in [1.54, 1.807) is 11.0 Å². The number of nitrogens with zero attached hydrogens (tertiary/aromatic N) is 1. The first-order chi connectivity index (χ1) is 10.7. The van der Waals surface area contributed by atoms with Gasteiger partial charge >= 0.3 is 6.09 Å². The number of amides is 1. The van der Waals surface area contributed by atoms with Crippen LogP contribution in [0, 0.1) is 11.7 Å². The molecule has 1 aromatic rings. The zero-order chi connectivity index (χ0) is 17.0. The van der Waals surface area contributed by atoms with Crippen LogP contribution < -0.4 is 4.74 Å². The molecule has 0 radical (unpaired) electrons. The van der Waals surface area contributed by atoms with Crippen LogP contribution in [-0.2, 0) is 4.74 Å². The van der Waals surface area contributed by atoms with Gasteiger partial charge in [-0.1, -0.05) is 15.9 Å². The molecule has 23 heavy (non-hydrogen) atoms. The summed E-state index contributed by atoms with van der Waals surface area (Å²) >= 11 is 3.25. The van der Waals surface area contributed by atoms with Crippen molar-refractivity contribution in [1.29, 1.82) is 0 Å². The van der Waals surface area contributed by atoms with Crippen molar-refractivity contribution >= 4 is 22.0 Å². The van der Waals surface area contributed by atoms with Crippen molar-refractivity contribution in [3.8, 4) is 5.75 Å². The van der Waals surface area contributed by atoms with Crippen molar-refractivity contribution in [2.75, 3.05) is 19.7 Å². The molecule has 0 aliphatic carbocycles. The van der Waals surface area contributed by atoms with E-state index in [9.17, 15) is 9.18 Å². The van der Waals surface area contributed by atoms with E-state index < -0.39 is 5.60 Å². The predicted molar refractivity (Wildman–Crippen MR) is 90.1 cm³/mol. The van der Waals surface area contributed by atoms with Gasteiger partial charge in [-0.15, -0.1) is 0 Å². The Kier molecular flexibility index (Phi) is 5.89. The SMILES string of the molecule is CC(C)(C)OC(=O)N1CCCC(COc2cc(F)cc(Br)c2)C1. The summed E-state index contributed by atoms with van der Waals surface area (Å²) in [5, 5.41) is 0. The van der Waals surface area contributed by atoms with Gasteiger partial charge in [0.2, 0.25) is 0 Å². The van der Waals surface area contributed by atoms with Crippen molar-refractivity contribution in [2.45, 2.75) is 39.2 Å². The maximum Gasteiger partial charge on any atom is 0.410 e. The first kappa shape index (κ1) is 18.0. The fourth-order valence-electron chi connectivity index (χ4n) is 2.52. The average Bonchev–Trinajstić information content (AvgIpc) is 2.43. The summed E-state index contributed by atoms with van der Waals surface area (Å²) in [4.78, 5) is 13.9. The number of hydrogen-bond acceptors (Lipinski definition) is 3. The van der Waals surface area contributed by atoms with Gasteiger partial charge in [0.15, 0.2) is 0 Å². The number of hydrogen-bond donors (Lipinski definition) is 0. The Morgan fingerprint density at radius 1 is 1.39 bits per heavy atom. The van der Waals surface area contributed by atoms with Gasteiger partial charge in [-0.05, 0) is 45.7 Å². The molecule has 1 atom stereocenters. The molecule has 1 unspecified atom stereocenters. The van der Waals surface area contributed by atoms with Crippen LogP contribution in [0.4, 0.5) is 9.18 Å². The first-order valence-corrected chi connectivity index (χ1v) is 8.59. The molecule has 1 saturated heterocycles. The second kappa shape index (κ2) is 7.51. The Morgan fingerprint density at radius 3 is 2.78 bits per heavy atom. The minimum Gasteiger partial charge on any atom is -0.493 e. The highest BCUT2D eigenvalue weighted by Crippen LogP contribution is 2.23. The second-order valence-corrected chi connectivity index (χ2v) is 7.77. The Labute approximate surface area is 145 Å². The van der Waals surface area contributed by atoms with Crippen molar-refractivity contribution in [3.05, 3.63) is 28.5 Å². The van der Waals surface area contributed by atoms with Gasteiger partial charge in [-0.2, -0.15) is 0 Å². The predicted octanol–water partition coefficient (Wildman–Crippen LogP) is 4.61. The smallest absolute Gasteiger partial charge is 0.410 e. The normalized spacial score (nSPS) is 18.7. The quantitative estimate of drug-likeness (QED) is 0.759. The lowest BCUT2D eigenvalue weighted by Crippen LogP contribution is -2.44. The highest BCUT2D eigenvalue weighted by Gasteiger charge is 2.27. The third kappa shape index (κ3) is 6.01. The summed E-state index contributed by atoms with van der Waals surface area (Å²) in [5.41, 5.74) is -0.492. The molecule has 0 N–H and O–H groups in total. The van der Waals surface area contributed by atoms with Crippen LogP contribution in [0.2, 0.25) is 0 Å². The first-order valence-electron chi connectivity index (χ1n) is 7.80. The zero-order valence-corrected chi connectivity index (χ0v) is 15.4. The molecular weight excluding hydrogens is 365 g/mol.